The number of carbonyl (C=O) groups excluding carboxylic acids is 2. The third-order valence-electron chi connectivity index (χ3n) is 3.03. The number of carbonyl (C=O) groups is 3. The standard InChI is InChI=1S/C18H24N2O6/c1-5-10-25-16(23)19-11-14(20-17(24)26-18(2,3)4)12-6-8-13(9-7-12)15(21)22/h5-9,14H,1,10-11H2,2-4H3,(H,19,23)(H,20,24)(H,21,22). The van der Waals surface area contributed by atoms with Crippen LogP contribution in [-0.2, 0) is 9.47 Å². The molecule has 1 atom stereocenters. The summed E-state index contributed by atoms with van der Waals surface area (Å²) >= 11 is 0. The van der Waals surface area contributed by atoms with E-state index in [-0.39, 0.29) is 18.7 Å². The lowest BCUT2D eigenvalue weighted by Gasteiger charge is -2.24. The lowest BCUT2D eigenvalue weighted by Crippen LogP contribution is -2.40. The van der Waals surface area contributed by atoms with Crippen molar-refractivity contribution in [3.63, 3.8) is 0 Å². The minimum Gasteiger partial charge on any atom is -0.478 e. The van der Waals surface area contributed by atoms with Crippen LogP contribution in [-0.4, -0.2) is 42.0 Å². The van der Waals surface area contributed by atoms with E-state index in [1.807, 2.05) is 0 Å². The zero-order valence-corrected chi connectivity index (χ0v) is 15.1. The molecule has 0 radical (unpaired) electrons. The Hall–Kier alpha value is -3.03. The van der Waals surface area contributed by atoms with Crippen LogP contribution in [0.4, 0.5) is 9.59 Å². The first-order valence-corrected chi connectivity index (χ1v) is 7.96. The Bertz CT molecular complexity index is 649. The van der Waals surface area contributed by atoms with Crippen LogP contribution in [0.2, 0.25) is 0 Å². The minimum atomic E-state index is -1.06. The summed E-state index contributed by atoms with van der Waals surface area (Å²) in [5.74, 6) is -1.06. The highest BCUT2D eigenvalue weighted by atomic mass is 16.6. The zero-order chi connectivity index (χ0) is 19.7. The number of hydrogen-bond donors (Lipinski definition) is 3. The predicted molar refractivity (Wildman–Crippen MR) is 95.1 cm³/mol. The monoisotopic (exact) mass is 364 g/mol. The number of nitrogens with one attached hydrogen (secondary N) is 2. The highest BCUT2D eigenvalue weighted by Crippen LogP contribution is 2.15. The molecule has 0 saturated carbocycles. The molecule has 0 aliphatic heterocycles. The molecule has 1 aromatic rings. The zero-order valence-electron chi connectivity index (χ0n) is 15.1. The lowest BCUT2D eigenvalue weighted by molar-refractivity contribution is 0.0501. The van der Waals surface area contributed by atoms with Crippen LogP contribution in [0.3, 0.4) is 0 Å². The normalized spacial score (nSPS) is 11.8. The Kier molecular flexibility index (Phi) is 7.64. The van der Waals surface area contributed by atoms with Gasteiger partial charge in [-0.15, -0.1) is 0 Å². The Balaban J connectivity index is 2.86. The van der Waals surface area contributed by atoms with E-state index in [1.54, 1.807) is 32.9 Å². The molecule has 3 N–H and O–H groups in total. The van der Waals surface area contributed by atoms with Crippen LogP contribution in [0, 0.1) is 0 Å². The summed E-state index contributed by atoms with van der Waals surface area (Å²) in [7, 11) is 0. The van der Waals surface area contributed by atoms with Crippen molar-refractivity contribution >= 4 is 18.2 Å². The van der Waals surface area contributed by atoms with E-state index >= 15 is 0 Å². The quantitative estimate of drug-likeness (QED) is 0.641. The maximum absolute atomic E-state index is 12.0. The first-order chi connectivity index (χ1) is 12.1. The summed E-state index contributed by atoms with van der Waals surface area (Å²) in [6.07, 6.45) is 0.106. The number of alkyl carbamates (subject to hydrolysis) is 2. The second kappa shape index (κ2) is 9.45. The van der Waals surface area contributed by atoms with Gasteiger partial charge in [-0.2, -0.15) is 0 Å². The summed E-state index contributed by atoms with van der Waals surface area (Å²) in [5.41, 5.74) is 0.0333. The van der Waals surface area contributed by atoms with Crippen molar-refractivity contribution in [3.05, 3.63) is 48.0 Å². The first kappa shape index (κ1) is 21.0. The molecule has 0 aromatic heterocycles. The predicted octanol–water partition coefficient (Wildman–Crippen LogP) is 2.86. The van der Waals surface area contributed by atoms with Crippen LogP contribution in [0.5, 0.6) is 0 Å². The molecule has 0 heterocycles. The van der Waals surface area contributed by atoms with Crippen molar-refractivity contribution in [2.45, 2.75) is 32.4 Å². The van der Waals surface area contributed by atoms with E-state index in [1.165, 1.54) is 18.2 Å². The molecule has 1 unspecified atom stereocenters. The number of amides is 2. The second-order valence-corrected chi connectivity index (χ2v) is 6.39. The fraction of sp³-hybridized carbons (Fsp3) is 0.389. The highest BCUT2D eigenvalue weighted by Gasteiger charge is 2.21. The summed E-state index contributed by atoms with van der Waals surface area (Å²) in [6, 6.07) is 5.31. The molecule has 2 amide bonds. The third kappa shape index (κ3) is 7.69. The maximum Gasteiger partial charge on any atom is 0.408 e. The van der Waals surface area contributed by atoms with Gasteiger partial charge < -0.3 is 25.2 Å². The molecule has 0 bridgehead atoms. The molecule has 8 nitrogen and oxygen atoms in total. The lowest BCUT2D eigenvalue weighted by atomic mass is 10.0. The number of hydrogen-bond acceptors (Lipinski definition) is 5. The van der Waals surface area contributed by atoms with Gasteiger partial charge in [0.15, 0.2) is 0 Å². The molecule has 26 heavy (non-hydrogen) atoms. The van der Waals surface area contributed by atoms with Crippen LogP contribution in [0.15, 0.2) is 36.9 Å². The number of carboxylic acid groups (broad SMARTS) is 1. The van der Waals surface area contributed by atoms with E-state index in [9.17, 15) is 14.4 Å². The SMILES string of the molecule is C=CCOC(=O)NCC(NC(=O)OC(C)(C)C)c1ccc(C(=O)O)cc1. The van der Waals surface area contributed by atoms with Crippen molar-refractivity contribution in [1.82, 2.24) is 10.6 Å². The summed E-state index contributed by atoms with van der Waals surface area (Å²) in [5, 5.41) is 14.2. The summed E-state index contributed by atoms with van der Waals surface area (Å²) in [4.78, 5) is 34.6. The van der Waals surface area contributed by atoms with Gasteiger partial charge >= 0.3 is 18.2 Å². The average Bonchev–Trinajstić information content (AvgIpc) is 2.55. The topological polar surface area (TPSA) is 114 Å². The van der Waals surface area contributed by atoms with E-state index in [0.717, 1.165) is 0 Å². The number of aromatic carboxylic acids is 1. The number of rotatable bonds is 7. The van der Waals surface area contributed by atoms with E-state index in [4.69, 9.17) is 14.6 Å². The molecule has 0 aliphatic carbocycles. The molecule has 0 saturated heterocycles. The molecule has 0 fully saturated rings. The first-order valence-electron chi connectivity index (χ1n) is 7.96. The molecular formula is C18H24N2O6. The van der Waals surface area contributed by atoms with Crippen molar-refractivity contribution in [2.24, 2.45) is 0 Å². The number of carboxylic acids is 1. The van der Waals surface area contributed by atoms with Crippen molar-refractivity contribution in [2.75, 3.05) is 13.2 Å². The van der Waals surface area contributed by atoms with Crippen LogP contribution >= 0.6 is 0 Å². The third-order valence-corrected chi connectivity index (χ3v) is 3.03. The Morgan fingerprint density at radius 3 is 2.31 bits per heavy atom. The van der Waals surface area contributed by atoms with Gasteiger partial charge in [-0.05, 0) is 38.5 Å². The molecule has 1 aromatic carbocycles. The molecular weight excluding hydrogens is 340 g/mol. The molecule has 142 valence electrons. The van der Waals surface area contributed by atoms with Gasteiger partial charge in [0, 0.05) is 6.54 Å². The molecule has 8 heteroatoms. The fourth-order valence-electron chi connectivity index (χ4n) is 1.93. The van der Waals surface area contributed by atoms with Crippen molar-refractivity contribution in [1.29, 1.82) is 0 Å². The fourth-order valence-corrected chi connectivity index (χ4v) is 1.93. The largest absolute Gasteiger partial charge is 0.478 e. The Morgan fingerprint density at radius 2 is 1.81 bits per heavy atom. The van der Waals surface area contributed by atoms with Crippen LogP contribution in [0.1, 0.15) is 42.7 Å². The van der Waals surface area contributed by atoms with E-state index < -0.39 is 29.8 Å². The van der Waals surface area contributed by atoms with Gasteiger partial charge in [0.25, 0.3) is 0 Å². The smallest absolute Gasteiger partial charge is 0.408 e. The number of benzene rings is 1. The van der Waals surface area contributed by atoms with Gasteiger partial charge in [0.1, 0.15) is 12.2 Å². The van der Waals surface area contributed by atoms with Crippen LogP contribution < -0.4 is 10.6 Å². The number of ether oxygens (including phenoxy) is 2. The highest BCUT2D eigenvalue weighted by molar-refractivity contribution is 5.87. The van der Waals surface area contributed by atoms with E-state index in [0.29, 0.717) is 5.56 Å². The van der Waals surface area contributed by atoms with Gasteiger partial charge in [0.05, 0.1) is 11.6 Å². The summed E-state index contributed by atoms with van der Waals surface area (Å²) < 4.78 is 10.0. The van der Waals surface area contributed by atoms with Gasteiger partial charge in [-0.25, -0.2) is 14.4 Å². The van der Waals surface area contributed by atoms with Gasteiger partial charge in [-0.1, -0.05) is 24.8 Å². The van der Waals surface area contributed by atoms with Crippen molar-refractivity contribution < 1.29 is 29.0 Å². The maximum atomic E-state index is 12.0. The average molecular weight is 364 g/mol. The van der Waals surface area contributed by atoms with Gasteiger partial charge in [0.2, 0.25) is 0 Å². The van der Waals surface area contributed by atoms with E-state index in [2.05, 4.69) is 17.2 Å². The van der Waals surface area contributed by atoms with Crippen molar-refractivity contribution in [3.8, 4) is 0 Å². The molecule has 0 spiro atoms. The Labute approximate surface area is 152 Å². The molecule has 0 aliphatic rings. The minimum absolute atomic E-state index is 0.0294. The Morgan fingerprint density at radius 1 is 1.19 bits per heavy atom. The second-order valence-electron chi connectivity index (χ2n) is 6.39. The van der Waals surface area contributed by atoms with Gasteiger partial charge in [-0.3, -0.25) is 0 Å². The summed E-state index contributed by atoms with van der Waals surface area (Å²) in [6.45, 7) is 8.72. The van der Waals surface area contributed by atoms with Crippen LogP contribution in [0.25, 0.3) is 0 Å². The molecule has 1 rings (SSSR count).